The van der Waals surface area contributed by atoms with E-state index in [2.05, 4.69) is 50.2 Å². The third-order valence-electron chi connectivity index (χ3n) is 10.5. The van der Waals surface area contributed by atoms with Crippen LogP contribution in [0.15, 0.2) is 101 Å². The second kappa shape index (κ2) is 19.4. The zero-order chi connectivity index (χ0) is 49.4. The Morgan fingerprint density at radius 1 is 0.942 bits per heavy atom. The van der Waals surface area contributed by atoms with E-state index in [0.717, 1.165) is 5.56 Å². The summed E-state index contributed by atoms with van der Waals surface area (Å²) in [6.45, 7) is 1.04. The predicted molar refractivity (Wildman–Crippen MR) is 241 cm³/mol. The molecule has 1 fully saturated rings. The Morgan fingerprint density at radius 3 is 2.45 bits per heavy atom. The van der Waals surface area contributed by atoms with Gasteiger partial charge in [-0.05, 0) is 78.6 Å². The first-order chi connectivity index (χ1) is 32.6. The van der Waals surface area contributed by atoms with Crippen LogP contribution in [0.25, 0.3) is 44.6 Å². The van der Waals surface area contributed by atoms with Crippen molar-refractivity contribution in [2.75, 3.05) is 18.5 Å². The zero-order valence-corrected chi connectivity index (χ0v) is 38.1. The van der Waals surface area contributed by atoms with Crippen LogP contribution in [0, 0.1) is 11.8 Å². The maximum atomic E-state index is 12.5. The first-order valence-electron chi connectivity index (χ1n) is 20.2. The van der Waals surface area contributed by atoms with E-state index in [1.54, 1.807) is 18.2 Å². The van der Waals surface area contributed by atoms with Crippen molar-refractivity contribution in [1.82, 2.24) is 19.5 Å². The predicted octanol–water partition coefficient (Wildman–Crippen LogP) is 3.71. The number of carboxylic acids is 1. The number of phenols is 1. The van der Waals surface area contributed by atoms with E-state index in [1.165, 1.54) is 65.8 Å². The molecule has 0 radical (unpaired) electrons. The van der Waals surface area contributed by atoms with Crippen LogP contribution in [0.1, 0.15) is 52.7 Å². The number of aliphatic hydroxyl groups excluding tert-OH is 2. The number of aromatic carboxylic acids is 1. The van der Waals surface area contributed by atoms with Crippen LogP contribution < -0.4 is 15.7 Å². The molecule has 358 valence electrons. The average Bonchev–Trinajstić information content (AvgIpc) is 3.88. The lowest BCUT2D eigenvalue weighted by Crippen LogP contribution is -2.73. The number of aromatic hydroxyl groups is 1. The van der Waals surface area contributed by atoms with Crippen molar-refractivity contribution in [3.63, 3.8) is 0 Å². The number of imidazole rings is 1. The lowest BCUT2D eigenvalue weighted by molar-refractivity contribution is -0.450. The Bertz CT molecular complexity index is 3400. The van der Waals surface area contributed by atoms with Crippen LogP contribution in [-0.2, 0) is 31.6 Å². The standard InChI is InChI=1S/C42H37N6O18P3/c1-22(47-39-38-40(45-20-44-39)48(21-46-38)36-18-32(51)35(64-36)19-62-68(58,59)66-69(60,61)65-67(55,56)57)24-6-4-23(5-7-24)3-2-14-43-41(52)25-8-11-28(42(53)54)31(15-25)37-29-12-9-26(49)16-33(29)63-34-17-27(50)10-13-30(34)37/h4-13,15-17,20-22,32,35-36,49,51H,14,18-19H2,1H3,(H,43,52)(H,53,54)(H,58,59)(H,60,61)(H,44,45,47)(H2,55,56,57)/p+1/t22?,32-,35+,36+/m0/s1. The van der Waals surface area contributed by atoms with Crippen molar-refractivity contribution in [1.29, 1.82) is 0 Å². The third-order valence-corrected chi connectivity index (χ3v) is 14.3. The molecule has 6 atom stereocenters. The van der Waals surface area contributed by atoms with Crippen LogP contribution in [0.2, 0.25) is 0 Å². The van der Waals surface area contributed by atoms with E-state index < -0.39 is 54.5 Å². The molecule has 5 aromatic rings. The maximum absolute atomic E-state index is 12.5. The summed E-state index contributed by atoms with van der Waals surface area (Å²) in [5, 5.41) is 45.7. The number of rotatable bonds is 15. The molecular formula is C42H38N6O18P3+. The third kappa shape index (κ3) is 11.3. The molecule has 69 heavy (non-hydrogen) atoms. The monoisotopic (exact) mass is 1010 g/mol. The molecular weight excluding hydrogens is 969 g/mol. The molecule has 10 N–H and O–H groups in total. The van der Waals surface area contributed by atoms with E-state index in [1.807, 2.05) is 19.1 Å². The summed E-state index contributed by atoms with van der Waals surface area (Å²) < 4.78 is 59.9. The molecule has 0 bridgehead atoms. The van der Waals surface area contributed by atoms with E-state index in [9.17, 15) is 53.5 Å². The Balaban J connectivity index is 0.913. The molecule has 24 nitrogen and oxygen atoms in total. The first kappa shape index (κ1) is 48.8. The van der Waals surface area contributed by atoms with Gasteiger partial charge in [-0.15, -0.1) is 0 Å². The number of phosphoric ester groups is 1. The number of aliphatic hydroxyl groups is 2. The molecule has 0 amide bonds. The van der Waals surface area contributed by atoms with Gasteiger partial charge in [-0.3, -0.25) is 13.9 Å². The number of phosphoric acid groups is 3. The molecule has 3 aliphatic rings. The van der Waals surface area contributed by atoms with Gasteiger partial charge in [0, 0.05) is 40.6 Å². The number of hydrogen-bond donors (Lipinski definition) is 10. The van der Waals surface area contributed by atoms with Crippen LogP contribution >= 0.6 is 23.5 Å². The van der Waals surface area contributed by atoms with Crippen LogP contribution in [-0.4, -0.2) is 96.7 Å². The average molecular weight is 1010 g/mol. The van der Waals surface area contributed by atoms with Gasteiger partial charge in [0.1, 0.15) is 35.8 Å². The molecule has 4 heterocycles. The van der Waals surface area contributed by atoms with Gasteiger partial charge < -0.3 is 54.5 Å². The second-order valence-corrected chi connectivity index (χ2v) is 19.7. The number of phenolic OH excluding ortho intramolecular Hbond substituents is 1. The minimum Gasteiger partial charge on any atom is -0.508 e. The highest BCUT2D eigenvalue weighted by molar-refractivity contribution is 7.66. The fourth-order valence-corrected chi connectivity index (χ4v) is 10.5. The Hall–Kier alpha value is -6.67. The fraction of sp³-hybridized carbons (Fsp3) is 0.190. The van der Waals surface area contributed by atoms with Crippen LogP contribution in [0.5, 0.6) is 5.75 Å². The number of fused-ring (bicyclic) bond motifs is 3. The summed E-state index contributed by atoms with van der Waals surface area (Å²) >= 11 is 0. The van der Waals surface area contributed by atoms with E-state index in [4.69, 9.17) is 18.9 Å². The van der Waals surface area contributed by atoms with Crippen molar-refractivity contribution in [3.05, 3.63) is 124 Å². The number of carbonyl (C=O) groups is 1. The molecule has 0 spiro atoms. The summed E-state index contributed by atoms with van der Waals surface area (Å²) in [6, 6.07) is 19.8. The Kier molecular flexibility index (Phi) is 13.7. The maximum Gasteiger partial charge on any atom is 0.490 e. The van der Waals surface area contributed by atoms with Crippen molar-refractivity contribution in [2.24, 2.45) is 0 Å². The van der Waals surface area contributed by atoms with E-state index in [-0.39, 0.29) is 64.1 Å². The van der Waals surface area contributed by atoms with Gasteiger partial charge in [0.2, 0.25) is 6.54 Å². The van der Waals surface area contributed by atoms with E-state index >= 15 is 0 Å². The van der Waals surface area contributed by atoms with Gasteiger partial charge in [-0.25, -0.2) is 33.4 Å². The highest BCUT2D eigenvalue weighted by Crippen LogP contribution is 2.66. The lowest BCUT2D eigenvalue weighted by atomic mass is 9.89. The highest BCUT2D eigenvalue weighted by atomic mass is 31.3. The Morgan fingerprint density at radius 2 is 1.71 bits per heavy atom. The molecule has 2 aliphatic heterocycles. The molecule has 0 saturated carbocycles. The normalized spacial score (nSPS) is 18.6. The highest BCUT2D eigenvalue weighted by Gasteiger charge is 2.43. The molecule has 1 saturated heterocycles. The van der Waals surface area contributed by atoms with Crippen LogP contribution in [0.3, 0.4) is 0 Å². The van der Waals surface area contributed by atoms with Gasteiger partial charge >= 0.3 is 35.3 Å². The Labute approximate surface area is 387 Å². The number of hydrogen-bond acceptors (Lipinski definition) is 16. The minimum atomic E-state index is -5.74. The summed E-state index contributed by atoms with van der Waals surface area (Å²) in [4.78, 5) is 77.1. The lowest BCUT2D eigenvalue weighted by Gasteiger charge is -2.19. The second-order valence-electron chi connectivity index (χ2n) is 15.2. The minimum absolute atomic E-state index is 0.00703. The SMILES string of the molecule is CC(Nc1ncnc2c1ncn2[C@H]1C[C@H](O)[C@@H](COP(=O)(O)OP(=O)(O)OP(=O)(O)O)O1)c1ccc(C#CC[NH+]=C(O)c2ccc(C(=O)O)c(-c3c4ccc(=O)cc-4oc4cc(O)ccc34)c2)cc1. The van der Waals surface area contributed by atoms with Gasteiger partial charge in [-0.2, -0.15) is 13.6 Å². The van der Waals surface area contributed by atoms with Crippen molar-refractivity contribution >= 4 is 63.3 Å². The first-order valence-corrected chi connectivity index (χ1v) is 24.7. The number of carboxylic acid groups (broad SMARTS) is 1. The van der Waals surface area contributed by atoms with E-state index in [0.29, 0.717) is 39.1 Å². The molecule has 2 aromatic heterocycles. The number of anilines is 1. The van der Waals surface area contributed by atoms with Crippen LogP contribution in [0.4, 0.5) is 5.82 Å². The van der Waals surface area contributed by atoms with Gasteiger partial charge in [0.25, 0.3) is 0 Å². The summed E-state index contributed by atoms with van der Waals surface area (Å²) in [6.07, 6.45) is -0.898. The van der Waals surface area contributed by atoms with Gasteiger partial charge in [-0.1, -0.05) is 18.1 Å². The van der Waals surface area contributed by atoms with Crippen molar-refractivity contribution in [2.45, 2.75) is 37.8 Å². The molecule has 3 aromatic carbocycles. The van der Waals surface area contributed by atoms with Crippen molar-refractivity contribution in [3.8, 4) is 40.0 Å². The molecule has 8 rings (SSSR count). The smallest absolute Gasteiger partial charge is 0.490 e. The number of benzene rings is 4. The van der Waals surface area contributed by atoms with Gasteiger partial charge in [0.05, 0.1) is 36.2 Å². The largest absolute Gasteiger partial charge is 0.508 e. The van der Waals surface area contributed by atoms with Gasteiger partial charge in [0.15, 0.2) is 22.4 Å². The quantitative estimate of drug-likeness (QED) is 0.0230. The topological polar surface area (TPSA) is 367 Å². The number of nitrogens with zero attached hydrogens (tertiary/aromatic N) is 4. The number of aromatic nitrogens is 4. The number of ether oxygens (including phenoxy) is 1. The zero-order valence-electron chi connectivity index (χ0n) is 35.4. The number of nitrogens with one attached hydrogen (secondary N) is 2. The molecule has 1 aliphatic carbocycles. The molecule has 27 heteroatoms. The summed E-state index contributed by atoms with van der Waals surface area (Å²) in [7, 11) is -16.8. The fourth-order valence-electron chi connectivity index (χ4n) is 7.43. The summed E-state index contributed by atoms with van der Waals surface area (Å²) in [5.74, 6) is 4.90. The van der Waals surface area contributed by atoms with Crippen molar-refractivity contribution < 1.29 is 85.8 Å². The summed E-state index contributed by atoms with van der Waals surface area (Å²) in [5.41, 5.74) is 3.28. The molecule has 3 unspecified atom stereocenters.